The summed E-state index contributed by atoms with van der Waals surface area (Å²) in [5.74, 6) is 1.44. The molecular weight excluding hydrogens is 427 g/mol. The summed E-state index contributed by atoms with van der Waals surface area (Å²) in [6.07, 6.45) is -2.19. The maximum absolute atomic E-state index is 14.1. The van der Waals surface area contributed by atoms with E-state index < -0.39 is 11.7 Å². The first-order valence-corrected chi connectivity index (χ1v) is 10.5. The van der Waals surface area contributed by atoms with Gasteiger partial charge in [0.1, 0.15) is 6.54 Å². The zero-order valence-electron chi connectivity index (χ0n) is 16.5. The van der Waals surface area contributed by atoms with Crippen molar-refractivity contribution in [1.82, 2.24) is 20.1 Å². The average molecular weight is 446 g/mol. The molecule has 0 bridgehead atoms. The lowest BCUT2D eigenvalue weighted by Crippen LogP contribution is -2.22. The standard InChI is InChI=1S/C22H19ClF3N5/c23-17-7-2-1-4-14(17)20-15-5-3-6-16(22(24,25)26)21(15)31-18(11-27-10-13-8-9-13)29-30-19(31)12-28-20/h1-7,13,27H,8-12H2. The van der Waals surface area contributed by atoms with Crippen LogP contribution in [0.3, 0.4) is 0 Å². The molecule has 160 valence electrons. The first-order valence-electron chi connectivity index (χ1n) is 10.1. The fourth-order valence-corrected chi connectivity index (χ4v) is 4.09. The SMILES string of the molecule is FC(F)(F)c1cccc2c1-n1c(nnc1CNCC1CC1)CN=C2c1ccccc1Cl. The summed E-state index contributed by atoms with van der Waals surface area (Å²) >= 11 is 6.38. The highest BCUT2D eigenvalue weighted by atomic mass is 35.5. The molecule has 0 spiro atoms. The van der Waals surface area contributed by atoms with Crippen molar-refractivity contribution >= 4 is 17.3 Å². The van der Waals surface area contributed by atoms with Crippen molar-refractivity contribution in [1.29, 1.82) is 0 Å². The molecule has 5 nitrogen and oxygen atoms in total. The number of hydrogen-bond acceptors (Lipinski definition) is 4. The smallest absolute Gasteiger partial charge is 0.310 e. The summed E-state index contributed by atoms with van der Waals surface area (Å²) in [5.41, 5.74) is 0.585. The van der Waals surface area contributed by atoms with Gasteiger partial charge in [-0.3, -0.25) is 9.56 Å². The van der Waals surface area contributed by atoms with E-state index in [0.717, 1.165) is 12.6 Å². The molecular formula is C22H19ClF3N5. The molecule has 0 saturated heterocycles. The van der Waals surface area contributed by atoms with Gasteiger partial charge in [0.25, 0.3) is 0 Å². The summed E-state index contributed by atoms with van der Waals surface area (Å²) < 4.78 is 43.7. The number of rotatable bonds is 5. The van der Waals surface area contributed by atoms with E-state index in [4.69, 9.17) is 11.6 Å². The number of nitrogens with zero attached hydrogens (tertiary/aromatic N) is 4. The Balaban J connectivity index is 1.68. The summed E-state index contributed by atoms with van der Waals surface area (Å²) in [6.45, 7) is 1.25. The first-order chi connectivity index (χ1) is 14.9. The minimum Gasteiger partial charge on any atom is -0.310 e. The van der Waals surface area contributed by atoms with Crippen LogP contribution in [-0.4, -0.2) is 27.0 Å². The Morgan fingerprint density at radius 3 is 2.55 bits per heavy atom. The number of halogens is 4. The second-order valence-corrected chi connectivity index (χ2v) is 8.19. The zero-order chi connectivity index (χ0) is 21.6. The van der Waals surface area contributed by atoms with Gasteiger partial charge in [0.2, 0.25) is 0 Å². The Labute approximate surface area is 182 Å². The van der Waals surface area contributed by atoms with Gasteiger partial charge in [-0.15, -0.1) is 10.2 Å². The van der Waals surface area contributed by atoms with Gasteiger partial charge < -0.3 is 5.32 Å². The highest BCUT2D eigenvalue weighted by Crippen LogP contribution is 2.39. The molecule has 5 rings (SSSR count). The molecule has 1 aliphatic heterocycles. The van der Waals surface area contributed by atoms with E-state index in [-0.39, 0.29) is 12.2 Å². The molecule has 9 heteroatoms. The summed E-state index contributed by atoms with van der Waals surface area (Å²) in [6, 6.07) is 11.1. The third-order valence-corrected chi connectivity index (χ3v) is 5.87. The van der Waals surface area contributed by atoms with Crippen molar-refractivity contribution in [3.63, 3.8) is 0 Å². The Hall–Kier alpha value is -2.71. The summed E-state index contributed by atoms with van der Waals surface area (Å²) in [5, 5.41) is 12.1. The van der Waals surface area contributed by atoms with Gasteiger partial charge in [-0.25, -0.2) is 0 Å². The molecule has 0 radical (unpaired) electrons. The maximum atomic E-state index is 14.1. The largest absolute Gasteiger partial charge is 0.418 e. The second kappa shape index (κ2) is 7.76. The minimum atomic E-state index is -4.55. The van der Waals surface area contributed by atoms with Gasteiger partial charge in [-0.1, -0.05) is 41.9 Å². The normalized spacial score (nSPS) is 15.8. The van der Waals surface area contributed by atoms with Crippen LogP contribution in [0.5, 0.6) is 0 Å². The molecule has 31 heavy (non-hydrogen) atoms. The Bertz CT molecular complexity index is 1160. The fourth-order valence-electron chi connectivity index (χ4n) is 3.86. The van der Waals surface area contributed by atoms with Crippen LogP contribution in [0.4, 0.5) is 13.2 Å². The number of nitrogens with one attached hydrogen (secondary N) is 1. The summed E-state index contributed by atoms with van der Waals surface area (Å²) in [4.78, 5) is 4.61. The van der Waals surface area contributed by atoms with Crippen LogP contribution in [0, 0.1) is 5.92 Å². The minimum absolute atomic E-state index is 0.00519. The number of benzene rings is 2. The third-order valence-electron chi connectivity index (χ3n) is 5.54. The quantitative estimate of drug-likeness (QED) is 0.614. The average Bonchev–Trinajstić information content (AvgIpc) is 3.50. The number of fused-ring (bicyclic) bond motifs is 3. The summed E-state index contributed by atoms with van der Waals surface area (Å²) in [7, 11) is 0. The predicted octanol–water partition coefficient (Wildman–Crippen LogP) is 4.79. The van der Waals surface area contributed by atoms with Crippen LogP contribution in [-0.2, 0) is 19.3 Å². The van der Waals surface area contributed by atoms with E-state index in [2.05, 4.69) is 20.5 Å². The van der Waals surface area contributed by atoms with Gasteiger partial charge >= 0.3 is 6.18 Å². The lowest BCUT2D eigenvalue weighted by Gasteiger charge is -2.19. The molecule has 1 saturated carbocycles. The highest BCUT2D eigenvalue weighted by molar-refractivity contribution is 6.35. The van der Waals surface area contributed by atoms with Crippen LogP contribution in [0.2, 0.25) is 5.02 Å². The Morgan fingerprint density at radius 2 is 1.81 bits per heavy atom. The van der Waals surface area contributed by atoms with E-state index in [9.17, 15) is 13.2 Å². The molecule has 2 aromatic carbocycles. The van der Waals surface area contributed by atoms with Gasteiger partial charge in [-0.2, -0.15) is 13.2 Å². The molecule has 0 atom stereocenters. The van der Waals surface area contributed by atoms with Gasteiger partial charge in [0.05, 0.1) is 23.5 Å². The lowest BCUT2D eigenvalue weighted by molar-refractivity contribution is -0.137. The fraction of sp³-hybridized carbons (Fsp3) is 0.318. The number of para-hydroxylation sites is 1. The Kier molecular flexibility index (Phi) is 5.06. The number of aliphatic imine (C=N–C) groups is 1. The molecule has 3 aromatic rings. The lowest BCUT2D eigenvalue weighted by atomic mass is 9.97. The molecule has 2 aliphatic rings. The van der Waals surface area contributed by atoms with Crippen LogP contribution >= 0.6 is 11.6 Å². The van der Waals surface area contributed by atoms with Crippen LogP contribution < -0.4 is 5.32 Å². The molecule has 0 amide bonds. The van der Waals surface area contributed by atoms with E-state index in [0.29, 0.717) is 46.0 Å². The van der Waals surface area contributed by atoms with Crippen molar-refractivity contribution < 1.29 is 13.2 Å². The topological polar surface area (TPSA) is 55.1 Å². The van der Waals surface area contributed by atoms with Crippen LogP contribution in [0.1, 0.15) is 41.2 Å². The van der Waals surface area contributed by atoms with Gasteiger partial charge in [-0.05, 0) is 37.4 Å². The maximum Gasteiger partial charge on any atom is 0.418 e. The highest BCUT2D eigenvalue weighted by Gasteiger charge is 2.38. The monoisotopic (exact) mass is 445 g/mol. The second-order valence-electron chi connectivity index (χ2n) is 7.79. The number of hydrogen-bond donors (Lipinski definition) is 1. The Morgan fingerprint density at radius 1 is 1.03 bits per heavy atom. The zero-order valence-corrected chi connectivity index (χ0v) is 17.2. The number of aromatic nitrogens is 3. The molecule has 0 unspecified atom stereocenters. The number of alkyl halides is 3. The van der Waals surface area contributed by atoms with E-state index in [1.807, 2.05) is 0 Å². The molecule has 1 aromatic heterocycles. The van der Waals surface area contributed by atoms with Gasteiger partial charge in [0.15, 0.2) is 11.6 Å². The molecule has 1 fully saturated rings. The van der Waals surface area contributed by atoms with E-state index >= 15 is 0 Å². The van der Waals surface area contributed by atoms with Gasteiger partial charge in [0, 0.05) is 16.1 Å². The first kappa shape index (κ1) is 20.2. The molecule has 2 heterocycles. The van der Waals surface area contributed by atoms with Crippen LogP contribution in [0.15, 0.2) is 47.5 Å². The van der Waals surface area contributed by atoms with E-state index in [1.54, 1.807) is 30.3 Å². The van der Waals surface area contributed by atoms with Crippen molar-refractivity contribution in [3.05, 3.63) is 75.8 Å². The molecule has 1 aliphatic carbocycles. The van der Waals surface area contributed by atoms with Crippen molar-refractivity contribution in [3.8, 4) is 5.69 Å². The van der Waals surface area contributed by atoms with Crippen LogP contribution in [0.25, 0.3) is 5.69 Å². The van der Waals surface area contributed by atoms with Crippen molar-refractivity contribution in [2.24, 2.45) is 10.9 Å². The third kappa shape index (κ3) is 3.85. The predicted molar refractivity (Wildman–Crippen MR) is 112 cm³/mol. The molecule has 1 N–H and O–H groups in total. The van der Waals surface area contributed by atoms with E-state index in [1.165, 1.54) is 23.5 Å². The van der Waals surface area contributed by atoms with Crippen molar-refractivity contribution in [2.75, 3.05) is 6.54 Å². The van der Waals surface area contributed by atoms with Crippen molar-refractivity contribution in [2.45, 2.75) is 32.1 Å².